The lowest BCUT2D eigenvalue weighted by atomic mass is 10.1. The average Bonchev–Trinajstić information content (AvgIpc) is 2.55. The monoisotopic (exact) mass is 353 g/mol. The van der Waals surface area contributed by atoms with Crippen LogP contribution >= 0.6 is 12.2 Å². The molecular weight excluding hydrogens is 334 g/mol. The zero-order valence-corrected chi connectivity index (χ0v) is 14.8. The molecule has 0 aliphatic carbocycles. The van der Waals surface area contributed by atoms with Crippen LogP contribution in [0.5, 0.6) is 0 Å². The van der Waals surface area contributed by atoms with E-state index in [1.165, 1.54) is 13.0 Å². The summed E-state index contributed by atoms with van der Waals surface area (Å²) < 4.78 is 0. The summed E-state index contributed by atoms with van der Waals surface area (Å²) in [5.74, 6) is -0.447. The second kappa shape index (κ2) is 8.75. The van der Waals surface area contributed by atoms with Crippen LogP contribution in [0.2, 0.25) is 0 Å². The predicted octanol–water partition coefficient (Wildman–Crippen LogP) is 3.48. The summed E-state index contributed by atoms with van der Waals surface area (Å²) in [6, 6.07) is 14.8. The first kappa shape index (κ1) is 18.4. The van der Waals surface area contributed by atoms with Gasteiger partial charge in [-0.05, 0) is 55.0 Å². The quantitative estimate of drug-likeness (QED) is 0.581. The summed E-state index contributed by atoms with van der Waals surface area (Å²) in [7, 11) is 0. The van der Waals surface area contributed by atoms with Crippen LogP contribution in [0.25, 0.3) is 6.08 Å². The molecule has 0 spiro atoms. The molecule has 2 aromatic carbocycles. The van der Waals surface area contributed by atoms with E-state index in [1.807, 2.05) is 31.2 Å². The maximum atomic E-state index is 11.9. The summed E-state index contributed by atoms with van der Waals surface area (Å²) in [5.41, 5.74) is 3.50. The Morgan fingerprint density at radius 2 is 1.48 bits per heavy atom. The number of nitrogens with one attached hydrogen (secondary N) is 3. The van der Waals surface area contributed by atoms with E-state index in [2.05, 4.69) is 16.0 Å². The van der Waals surface area contributed by atoms with Crippen molar-refractivity contribution in [2.45, 2.75) is 13.8 Å². The normalized spacial score (nSPS) is 10.3. The first-order chi connectivity index (χ1) is 11.9. The summed E-state index contributed by atoms with van der Waals surface area (Å²) in [6.07, 6.45) is 3.15. The van der Waals surface area contributed by atoms with Crippen molar-refractivity contribution in [3.05, 3.63) is 65.7 Å². The van der Waals surface area contributed by atoms with Crippen molar-refractivity contribution in [1.29, 1.82) is 0 Å². The van der Waals surface area contributed by atoms with Crippen molar-refractivity contribution in [2.75, 3.05) is 10.6 Å². The van der Waals surface area contributed by atoms with Gasteiger partial charge in [0.15, 0.2) is 5.11 Å². The van der Waals surface area contributed by atoms with Crippen molar-refractivity contribution in [2.24, 2.45) is 0 Å². The van der Waals surface area contributed by atoms with Crippen molar-refractivity contribution < 1.29 is 9.59 Å². The summed E-state index contributed by atoms with van der Waals surface area (Å²) in [6.45, 7) is 3.45. The molecule has 0 aliphatic rings. The molecule has 3 N–H and O–H groups in total. The summed E-state index contributed by atoms with van der Waals surface area (Å²) >= 11 is 5.12. The molecule has 128 valence electrons. The van der Waals surface area contributed by atoms with Crippen LogP contribution in [0.15, 0.2) is 54.6 Å². The SMILES string of the molecule is CC(=O)Nc1ccc(NC(=S)NC(=O)C=Cc2ccc(C)cc2)cc1. The van der Waals surface area contributed by atoms with Gasteiger partial charge in [0.25, 0.3) is 0 Å². The zero-order chi connectivity index (χ0) is 18.2. The average molecular weight is 353 g/mol. The lowest BCUT2D eigenvalue weighted by molar-refractivity contribution is -0.115. The van der Waals surface area contributed by atoms with Crippen molar-refractivity contribution >= 4 is 46.6 Å². The number of aryl methyl sites for hydroxylation is 1. The van der Waals surface area contributed by atoms with Gasteiger partial charge in [0.05, 0.1) is 0 Å². The maximum absolute atomic E-state index is 11.9. The number of carbonyl (C=O) groups excluding carboxylic acids is 2. The van der Waals surface area contributed by atoms with E-state index in [4.69, 9.17) is 12.2 Å². The molecule has 6 heteroatoms. The number of hydrogen-bond acceptors (Lipinski definition) is 3. The number of anilines is 2. The van der Waals surface area contributed by atoms with Crippen molar-refractivity contribution in [1.82, 2.24) is 5.32 Å². The highest BCUT2D eigenvalue weighted by Gasteiger charge is 2.02. The minimum Gasteiger partial charge on any atom is -0.332 e. The van der Waals surface area contributed by atoms with E-state index in [0.29, 0.717) is 11.4 Å². The van der Waals surface area contributed by atoms with Crippen LogP contribution in [0.1, 0.15) is 18.1 Å². The Hall–Kier alpha value is -2.99. The fourth-order valence-corrected chi connectivity index (χ4v) is 2.22. The summed E-state index contributed by atoms with van der Waals surface area (Å²) in [5, 5.41) is 8.37. The Morgan fingerprint density at radius 1 is 0.920 bits per heavy atom. The van der Waals surface area contributed by atoms with E-state index >= 15 is 0 Å². The lowest BCUT2D eigenvalue weighted by Gasteiger charge is -2.09. The Labute approximate surface area is 152 Å². The van der Waals surface area contributed by atoms with Crippen LogP contribution in [0.4, 0.5) is 11.4 Å². The third-order valence-corrected chi connectivity index (χ3v) is 3.41. The number of benzene rings is 2. The highest BCUT2D eigenvalue weighted by molar-refractivity contribution is 7.80. The molecule has 0 saturated heterocycles. The molecular formula is C19H19N3O2S. The molecule has 0 radical (unpaired) electrons. The smallest absolute Gasteiger partial charge is 0.250 e. The van der Waals surface area contributed by atoms with Gasteiger partial charge in [0, 0.05) is 24.4 Å². The van der Waals surface area contributed by atoms with E-state index in [1.54, 1.807) is 30.3 Å². The molecule has 0 atom stereocenters. The Bertz CT molecular complexity index is 796. The summed E-state index contributed by atoms with van der Waals surface area (Å²) in [4.78, 5) is 22.9. The van der Waals surface area contributed by atoms with E-state index < -0.39 is 0 Å². The third-order valence-electron chi connectivity index (χ3n) is 3.20. The standard InChI is InChI=1S/C19H19N3O2S/c1-13-3-5-15(6-4-13)7-12-18(24)22-19(25)21-17-10-8-16(9-11-17)20-14(2)23/h3-12H,1-2H3,(H,20,23)(H2,21,22,24,25). The minimum absolute atomic E-state index is 0.135. The molecule has 2 rings (SSSR count). The van der Waals surface area contributed by atoms with Crippen molar-refractivity contribution in [3.8, 4) is 0 Å². The molecule has 0 heterocycles. The van der Waals surface area contributed by atoms with E-state index in [0.717, 1.165) is 11.1 Å². The van der Waals surface area contributed by atoms with Gasteiger partial charge in [0.2, 0.25) is 11.8 Å². The molecule has 5 nitrogen and oxygen atoms in total. The van der Waals surface area contributed by atoms with Gasteiger partial charge in [-0.25, -0.2) is 0 Å². The molecule has 2 aromatic rings. The molecule has 2 amide bonds. The van der Waals surface area contributed by atoms with Crippen LogP contribution < -0.4 is 16.0 Å². The molecule has 0 fully saturated rings. The molecule has 0 unspecified atom stereocenters. The van der Waals surface area contributed by atoms with Gasteiger partial charge in [-0.3, -0.25) is 14.9 Å². The van der Waals surface area contributed by atoms with Crippen LogP contribution in [0.3, 0.4) is 0 Å². The van der Waals surface area contributed by atoms with Gasteiger partial charge in [-0.1, -0.05) is 29.8 Å². The van der Waals surface area contributed by atoms with Gasteiger partial charge in [0.1, 0.15) is 0 Å². The molecule has 25 heavy (non-hydrogen) atoms. The molecule has 0 bridgehead atoms. The number of rotatable bonds is 4. The van der Waals surface area contributed by atoms with Gasteiger partial charge >= 0.3 is 0 Å². The van der Waals surface area contributed by atoms with Gasteiger partial charge in [-0.2, -0.15) is 0 Å². The van der Waals surface area contributed by atoms with E-state index in [-0.39, 0.29) is 16.9 Å². The fraction of sp³-hybridized carbons (Fsp3) is 0.105. The number of hydrogen-bond donors (Lipinski definition) is 3. The Balaban J connectivity index is 1.85. The predicted molar refractivity (Wildman–Crippen MR) is 105 cm³/mol. The number of thiocarbonyl (C=S) groups is 1. The van der Waals surface area contributed by atoms with Crippen LogP contribution in [-0.4, -0.2) is 16.9 Å². The van der Waals surface area contributed by atoms with E-state index in [9.17, 15) is 9.59 Å². The Morgan fingerprint density at radius 3 is 2.04 bits per heavy atom. The van der Waals surface area contributed by atoms with Gasteiger partial charge < -0.3 is 10.6 Å². The third kappa shape index (κ3) is 6.56. The zero-order valence-electron chi connectivity index (χ0n) is 14.0. The molecule has 0 saturated carbocycles. The Kier molecular flexibility index (Phi) is 6.42. The fourth-order valence-electron chi connectivity index (χ4n) is 2.01. The molecule has 0 aliphatic heterocycles. The largest absolute Gasteiger partial charge is 0.332 e. The number of carbonyl (C=O) groups is 2. The van der Waals surface area contributed by atoms with Crippen molar-refractivity contribution in [3.63, 3.8) is 0 Å². The number of amides is 2. The lowest BCUT2D eigenvalue weighted by Crippen LogP contribution is -2.32. The topological polar surface area (TPSA) is 70.2 Å². The highest BCUT2D eigenvalue weighted by atomic mass is 32.1. The second-order valence-corrected chi connectivity index (χ2v) is 5.85. The van der Waals surface area contributed by atoms with Crippen LogP contribution in [-0.2, 0) is 9.59 Å². The molecule has 0 aromatic heterocycles. The van der Waals surface area contributed by atoms with Crippen LogP contribution in [0, 0.1) is 6.92 Å². The first-order valence-corrected chi connectivity index (χ1v) is 8.07. The minimum atomic E-state index is -0.312. The maximum Gasteiger partial charge on any atom is 0.250 e. The van der Waals surface area contributed by atoms with Gasteiger partial charge in [-0.15, -0.1) is 0 Å². The first-order valence-electron chi connectivity index (χ1n) is 7.67. The highest BCUT2D eigenvalue weighted by Crippen LogP contribution is 2.13. The second-order valence-electron chi connectivity index (χ2n) is 5.45.